The Labute approximate surface area is 120 Å². The van der Waals surface area contributed by atoms with E-state index in [0.717, 1.165) is 18.8 Å². The third kappa shape index (κ3) is 2.29. The molecule has 104 valence electrons. The van der Waals surface area contributed by atoms with Gasteiger partial charge in [0.1, 0.15) is 0 Å². The molecular formula is C17H21N3. The fraction of sp³-hybridized carbons (Fsp3) is 0.353. The zero-order chi connectivity index (χ0) is 13.9. The van der Waals surface area contributed by atoms with Crippen molar-refractivity contribution in [2.75, 3.05) is 13.1 Å². The first-order valence-electron chi connectivity index (χ1n) is 7.27. The Kier molecular flexibility index (Phi) is 3.70. The molecule has 0 radical (unpaired) electrons. The molecule has 0 bridgehead atoms. The lowest BCUT2D eigenvalue weighted by Gasteiger charge is -2.16. The van der Waals surface area contributed by atoms with Crippen molar-refractivity contribution in [2.24, 2.45) is 0 Å². The van der Waals surface area contributed by atoms with Crippen molar-refractivity contribution in [2.45, 2.75) is 26.3 Å². The van der Waals surface area contributed by atoms with Crippen LogP contribution in [0.4, 0.5) is 0 Å². The van der Waals surface area contributed by atoms with Crippen molar-refractivity contribution >= 4 is 5.57 Å². The topological polar surface area (TPSA) is 29.9 Å². The summed E-state index contributed by atoms with van der Waals surface area (Å²) in [5.41, 5.74) is 4.82. The summed E-state index contributed by atoms with van der Waals surface area (Å²) in [6, 6.07) is 11.0. The van der Waals surface area contributed by atoms with E-state index in [0.29, 0.717) is 6.04 Å². The number of imidazole rings is 1. The number of rotatable bonds is 3. The van der Waals surface area contributed by atoms with Gasteiger partial charge in [-0.15, -0.1) is 0 Å². The second kappa shape index (κ2) is 5.63. The summed E-state index contributed by atoms with van der Waals surface area (Å²) >= 11 is 0. The van der Waals surface area contributed by atoms with Crippen LogP contribution in [0, 0.1) is 0 Å². The quantitative estimate of drug-likeness (QED) is 0.922. The highest BCUT2D eigenvalue weighted by atomic mass is 15.1. The highest BCUT2D eigenvalue weighted by Gasteiger charge is 2.22. The van der Waals surface area contributed by atoms with E-state index >= 15 is 0 Å². The SMILES string of the molecule is CC=C(C)c1c(-c2ccccc2)ncn1C1CCNC1. The Morgan fingerprint density at radius 2 is 2.15 bits per heavy atom. The molecule has 1 aliphatic rings. The highest BCUT2D eigenvalue weighted by Crippen LogP contribution is 2.31. The van der Waals surface area contributed by atoms with Crippen molar-refractivity contribution in [3.63, 3.8) is 0 Å². The van der Waals surface area contributed by atoms with Crippen LogP contribution in [0.5, 0.6) is 0 Å². The lowest BCUT2D eigenvalue weighted by molar-refractivity contribution is 0.542. The molecule has 3 rings (SSSR count). The predicted octanol–water partition coefficient (Wildman–Crippen LogP) is 3.51. The monoisotopic (exact) mass is 267 g/mol. The molecule has 3 nitrogen and oxygen atoms in total. The second-order valence-corrected chi connectivity index (χ2v) is 5.33. The Bertz CT molecular complexity index is 604. The average Bonchev–Trinajstić information content (AvgIpc) is 3.16. The minimum atomic E-state index is 0.518. The van der Waals surface area contributed by atoms with Crippen LogP contribution in [0.15, 0.2) is 42.7 Å². The normalized spacial score (nSPS) is 19.5. The molecule has 20 heavy (non-hydrogen) atoms. The van der Waals surface area contributed by atoms with Crippen molar-refractivity contribution in [3.8, 4) is 11.3 Å². The van der Waals surface area contributed by atoms with Crippen molar-refractivity contribution < 1.29 is 0 Å². The molecule has 2 heterocycles. The standard InChI is InChI=1S/C17H21N3/c1-3-13(2)17-16(14-7-5-4-6-8-14)19-12-20(17)15-9-10-18-11-15/h3-8,12,15,18H,9-11H2,1-2H3. The van der Waals surface area contributed by atoms with E-state index in [4.69, 9.17) is 4.98 Å². The predicted molar refractivity (Wildman–Crippen MR) is 83.5 cm³/mol. The minimum absolute atomic E-state index is 0.518. The van der Waals surface area contributed by atoms with Gasteiger partial charge in [-0.05, 0) is 32.4 Å². The molecule has 1 aliphatic heterocycles. The number of hydrogen-bond acceptors (Lipinski definition) is 2. The Morgan fingerprint density at radius 3 is 2.80 bits per heavy atom. The molecule has 1 unspecified atom stereocenters. The molecule has 1 atom stereocenters. The van der Waals surface area contributed by atoms with Crippen molar-refractivity contribution in [1.29, 1.82) is 0 Å². The zero-order valence-electron chi connectivity index (χ0n) is 12.1. The molecule has 1 saturated heterocycles. The van der Waals surface area contributed by atoms with Crippen LogP contribution in [0.3, 0.4) is 0 Å². The first-order chi connectivity index (χ1) is 9.81. The van der Waals surface area contributed by atoms with E-state index in [1.165, 1.54) is 23.3 Å². The molecule has 1 fully saturated rings. The Hall–Kier alpha value is -1.87. The van der Waals surface area contributed by atoms with E-state index in [-0.39, 0.29) is 0 Å². The van der Waals surface area contributed by atoms with Gasteiger partial charge in [0.15, 0.2) is 0 Å². The van der Waals surface area contributed by atoms with Gasteiger partial charge in [-0.2, -0.15) is 0 Å². The lowest BCUT2D eigenvalue weighted by Crippen LogP contribution is -2.14. The molecule has 0 spiro atoms. The molecule has 0 amide bonds. The molecule has 1 aromatic carbocycles. The second-order valence-electron chi connectivity index (χ2n) is 5.33. The molecule has 1 N–H and O–H groups in total. The average molecular weight is 267 g/mol. The molecule has 0 saturated carbocycles. The van der Waals surface area contributed by atoms with Gasteiger partial charge in [-0.25, -0.2) is 4.98 Å². The third-order valence-electron chi connectivity index (χ3n) is 4.08. The van der Waals surface area contributed by atoms with Gasteiger partial charge in [0.2, 0.25) is 0 Å². The van der Waals surface area contributed by atoms with Gasteiger partial charge < -0.3 is 9.88 Å². The van der Waals surface area contributed by atoms with Gasteiger partial charge in [0, 0.05) is 18.2 Å². The maximum Gasteiger partial charge on any atom is 0.0961 e. The maximum atomic E-state index is 4.69. The summed E-state index contributed by atoms with van der Waals surface area (Å²) in [6.07, 6.45) is 5.35. The van der Waals surface area contributed by atoms with E-state index in [1.807, 2.05) is 12.4 Å². The van der Waals surface area contributed by atoms with Crippen LogP contribution >= 0.6 is 0 Å². The number of nitrogens with zero attached hydrogens (tertiary/aromatic N) is 2. The number of benzene rings is 1. The maximum absolute atomic E-state index is 4.69. The van der Waals surface area contributed by atoms with E-state index < -0.39 is 0 Å². The summed E-state index contributed by atoms with van der Waals surface area (Å²) in [7, 11) is 0. The summed E-state index contributed by atoms with van der Waals surface area (Å²) in [5, 5.41) is 3.44. The molecule has 0 aliphatic carbocycles. The Balaban J connectivity index is 2.11. The first-order valence-corrected chi connectivity index (χ1v) is 7.27. The van der Waals surface area contributed by atoms with Crippen LogP contribution < -0.4 is 5.32 Å². The van der Waals surface area contributed by atoms with Crippen LogP contribution in [0.25, 0.3) is 16.8 Å². The van der Waals surface area contributed by atoms with Crippen LogP contribution in [0.2, 0.25) is 0 Å². The molecule has 3 heteroatoms. The highest BCUT2D eigenvalue weighted by molar-refractivity contribution is 5.76. The van der Waals surface area contributed by atoms with E-state index in [9.17, 15) is 0 Å². The fourth-order valence-electron chi connectivity index (χ4n) is 2.85. The fourth-order valence-corrected chi connectivity index (χ4v) is 2.85. The number of aromatic nitrogens is 2. The molecule has 1 aromatic heterocycles. The zero-order valence-corrected chi connectivity index (χ0v) is 12.1. The van der Waals surface area contributed by atoms with Gasteiger partial charge in [-0.1, -0.05) is 36.4 Å². The van der Waals surface area contributed by atoms with Crippen molar-refractivity contribution in [3.05, 3.63) is 48.4 Å². The number of hydrogen-bond donors (Lipinski definition) is 1. The summed E-state index contributed by atoms with van der Waals surface area (Å²) in [5.74, 6) is 0. The molecular weight excluding hydrogens is 246 g/mol. The number of allylic oxidation sites excluding steroid dienone is 2. The first kappa shape index (κ1) is 13.1. The van der Waals surface area contributed by atoms with Crippen LogP contribution in [-0.4, -0.2) is 22.6 Å². The third-order valence-corrected chi connectivity index (χ3v) is 4.08. The van der Waals surface area contributed by atoms with Crippen LogP contribution in [-0.2, 0) is 0 Å². The largest absolute Gasteiger partial charge is 0.326 e. The van der Waals surface area contributed by atoms with Gasteiger partial charge in [0.25, 0.3) is 0 Å². The van der Waals surface area contributed by atoms with E-state index in [1.54, 1.807) is 0 Å². The lowest BCUT2D eigenvalue weighted by atomic mass is 10.0. The summed E-state index contributed by atoms with van der Waals surface area (Å²) < 4.78 is 2.34. The van der Waals surface area contributed by atoms with E-state index in [2.05, 4.69) is 54.1 Å². The Morgan fingerprint density at radius 1 is 1.35 bits per heavy atom. The summed E-state index contributed by atoms with van der Waals surface area (Å²) in [6.45, 7) is 6.39. The van der Waals surface area contributed by atoms with Crippen molar-refractivity contribution in [1.82, 2.24) is 14.9 Å². The molecule has 2 aromatic rings. The van der Waals surface area contributed by atoms with Gasteiger partial charge in [-0.3, -0.25) is 0 Å². The van der Waals surface area contributed by atoms with Gasteiger partial charge >= 0.3 is 0 Å². The van der Waals surface area contributed by atoms with Gasteiger partial charge in [0.05, 0.1) is 17.7 Å². The van der Waals surface area contributed by atoms with Crippen LogP contribution in [0.1, 0.15) is 32.0 Å². The number of nitrogens with one attached hydrogen (secondary N) is 1. The smallest absolute Gasteiger partial charge is 0.0961 e. The summed E-state index contributed by atoms with van der Waals surface area (Å²) in [4.78, 5) is 4.69. The minimum Gasteiger partial charge on any atom is -0.326 e.